The predicted octanol–water partition coefficient (Wildman–Crippen LogP) is 4.90. The number of benzene rings is 2. The van der Waals surface area contributed by atoms with Crippen LogP contribution in [0.5, 0.6) is 11.5 Å². The standard InChI is InChI=1S/C27H33ClN2O5/c1-5-29(6-2)15-8-16-30-24(19-11-14-21(35-7-3)22(17-19)34-4)23(26(32)27(30)33)25(31)18-9-12-20(28)13-10-18/h9-14,17,24,31H,5-8,15-16H2,1-4H3/b25-23+/t24-/m1/s1. The summed E-state index contributed by atoms with van der Waals surface area (Å²) in [7, 11) is 1.54. The molecule has 1 heterocycles. The van der Waals surface area contributed by atoms with Crippen molar-refractivity contribution in [3.05, 3.63) is 64.2 Å². The van der Waals surface area contributed by atoms with Crippen molar-refractivity contribution < 1.29 is 24.2 Å². The Hall–Kier alpha value is -3.03. The van der Waals surface area contributed by atoms with Crippen molar-refractivity contribution in [1.29, 1.82) is 0 Å². The Bertz CT molecular complexity index is 1080. The Morgan fingerprint density at radius 3 is 2.34 bits per heavy atom. The molecule has 1 atom stereocenters. The number of ether oxygens (including phenoxy) is 2. The summed E-state index contributed by atoms with van der Waals surface area (Å²) in [6.45, 7) is 9.52. The van der Waals surface area contributed by atoms with Crippen LogP contribution in [0.1, 0.15) is 44.4 Å². The predicted molar refractivity (Wildman–Crippen MR) is 137 cm³/mol. The van der Waals surface area contributed by atoms with E-state index >= 15 is 0 Å². The van der Waals surface area contributed by atoms with Gasteiger partial charge in [0.2, 0.25) is 0 Å². The quantitative estimate of drug-likeness (QED) is 0.268. The number of nitrogens with zero attached hydrogens (tertiary/aromatic N) is 2. The molecule has 0 aromatic heterocycles. The minimum Gasteiger partial charge on any atom is -0.507 e. The van der Waals surface area contributed by atoms with Crippen LogP contribution in [-0.4, -0.2) is 66.5 Å². The lowest BCUT2D eigenvalue weighted by molar-refractivity contribution is -0.140. The van der Waals surface area contributed by atoms with E-state index in [1.807, 2.05) is 6.92 Å². The topological polar surface area (TPSA) is 79.3 Å². The van der Waals surface area contributed by atoms with Gasteiger partial charge in [-0.2, -0.15) is 0 Å². The van der Waals surface area contributed by atoms with E-state index in [2.05, 4.69) is 18.7 Å². The first-order valence-corrected chi connectivity index (χ1v) is 12.3. The van der Waals surface area contributed by atoms with E-state index in [-0.39, 0.29) is 11.3 Å². The summed E-state index contributed by atoms with van der Waals surface area (Å²) in [4.78, 5) is 30.2. The molecule has 8 heteroatoms. The molecule has 1 saturated heterocycles. The zero-order valence-electron chi connectivity index (χ0n) is 20.7. The molecule has 0 bridgehead atoms. The van der Waals surface area contributed by atoms with Crippen molar-refractivity contribution in [3.8, 4) is 11.5 Å². The van der Waals surface area contributed by atoms with Gasteiger partial charge in [0.1, 0.15) is 5.76 Å². The number of hydrogen-bond acceptors (Lipinski definition) is 6. The molecule has 0 aliphatic carbocycles. The van der Waals surface area contributed by atoms with E-state index in [9.17, 15) is 14.7 Å². The highest BCUT2D eigenvalue weighted by atomic mass is 35.5. The highest BCUT2D eigenvalue weighted by molar-refractivity contribution is 6.46. The summed E-state index contributed by atoms with van der Waals surface area (Å²) in [6.07, 6.45) is 0.695. The summed E-state index contributed by atoms with van der Waals surface area (Å²) < 4.78 is 11.1. The van der Waals surface area contributed by atoms with Gasteiger partial charge in [-0.1, -0.05) is 31.5 Å². The van der Waals surface area contributed by atoms with Crippen molar-refractivity contribution in [3.63, 3.8) is 0 Å². The Balaban J connectivity index is 2.08. The lowest BCUT2D eigenvalue weighted by Crippen LogP contribution is -2.33. The van der Waals surface area contributed by atoms with Crippen LogP contribution in [0.2, 0.25) is 5.02 Å². The number of amides is 1. The zero-order chi connectivity index (χ0) is 25.5. The molecular weight excluding hydrogens is 468 g/mol. The fourth-order valence-corrected chi connectivity index (χ4v) is 4.48. The molecule has 1 aliphatic heterocycles. The zero-order valence-corrected chi connectivity index (χ0v) is 21.5. The second kappa shape index (κ2) is 12.1. The van der Waals surface area contributed by atoms with E-state index in [1.165, 1.54) is 7.11 Å². The SMILES string of the molecule is CCOc1ccc([C@@H]2/C(=C(\O)c3ccc(Cl)cc3)C(=O)C(=O)N2CCCN(CC)CC)cc1OC. The number of aliphatic hydroxyl groups is 1. The molecule has 1 fully saturated rings. The number of hydrogen-bond donors (Lipinski definition) is 1. The van der Waals surface area contributed by atoms with Gasteiger partial charge in [0.15, 0.2) is 11.5 Å². The highest BCUT2D eigenvalue weighted by Crippen LogP contribution is 2.42. The summed E-state index contributed by atoms with van der Waals surface area (Å²) in [5, 5.41) is 11.7. The van der Waals surface area contributed by atoms with Gasteiger partial charge in [-0.05, 0) is 74.9 Å². The van der Waals surface area contributed by atoms with Gasteiger partial charge < -0.3 is 24.4 Å². The van der Waals surface area contributed by atoms with Crippen LogP contribution in [0.4, 0.5) is 0 Å². The molecule has 3 rings (SSSR count). The fraction of sp³-hybridized carbons (Fsp3) is 0.407. The van der Waals surface area contributed by atoms with E-state index in [4.69, 9.17) is 21.1 Å². The van der Waals surface area contributed by atoms with Gasteiger partial charge >= 0.3 is 0 Å². The number of carbonyl (C=O) groups excluding carboxylic acids is 2. The maximum absolute atomic E-state index is 13.2. The van der Waals surface area contributed by atoms with E-state index < -0.39 is 17.7 Å². The minimum atomic E-state index is -0.757. The Kier molecular flexibility index (Phi) is 9.18. The Labute approximate surface area is 211 Å². The van der Waals surface area contributed by atoms with Gasteiger partial charge in [-0.25, -0.2) is 0 Å². The smallest absolute Gasteiger partial charge is 0.295 e. The molecular formula is C27H33ClN2O5. The summed E-state index contributed by atoms with van der Waals surface area (Å²) in [5.74, 6) is -0.514. The van der Waals surface area contributed by atoms with Gasteiger partial charge in [0.05, 0.1) is 25.3 Å². The average molecular weight is 501 g/mol. The van der Waals surface area contributed by atoms with Gasteiger partial charge in [0.25, 0.3) is 11.7 Å². The first-order chi connectivity index (χ1) is 16.9. The van der Waals surface area contributed by atoms with Crippen LogP contribution < -0.4 is 9.47 Å². The second-order valence-corrected chi connectivity index (χ2v) is 8.66. The molecule has 1 amide bonds. The number of likely N-dealkylation sites (tertiary alicyclic amines) is 1. The van der Waals surface area contributed by atoms with Gasteiger partial charge in [-0.15, -0.1) is 0 Å². The monoisotopic (exact) mass is 500 g/mol. The molecule has 188 valence electrons. The summed E-state index contributed by atoms with van der Waals surface area (Å²) in [6, 6.07) is 11.1. The van der Waals surface area contributed by atoms with Crippen molar-refractivity contribution in [2.24, 2.45) is 0 Å². The Morgan fingerprint density at radius 1 is 1.06 bits per heavy atom. The van der Waals surface area contributed by atoms with Crippen molar-refractivity contribution >= 4 is 29.1 Å². The minimum absolute atomic E-state index is 0.0476. The Morgan fingerprint density at radius 2 is 1.74 bits per heavy atom. The molecule has 1 N–H and O–H groups in total. The van der Waals surface area contributed by atoms with E-state index in [1.54, 1.807) is 47.4 Å². The van der Waals surface area contributed by atoms with Crippen molar-refractivity contribution in [2.45, 2.75) is 33.2 Å². The highest BCUT2D eigenvalue weighted by Gasteiger charge is 2.46. The van der Waals surface area contributed by atoms with E-state index in [0.717, 1.165) is 19.6 Å². The molecule has 0 radical (unpaired) electrons. The largest absolute Gasteiger partial charge is 0.507 e. The normalized spacial score (nSPS) is 17.3. The number of methoxy groups -OCH3 is 1. The lowest BCUT2D eigenvalue weighted by Gasteiger charge is -2.27. The third-order valence-corrected chi connectivity index (χ3v) is 6.48. The van der Waals surface area contributed by atoms with Crippen LogP contribution in [0.25, 0.3) is 5.76 Å². The molecule has 7 nitrogen and oxygen atoms in total. The lowest BCUT2D eigenvalue weighted by atomic mass is 9.95. The molecule has 0 unspecified atom stereocenters. The molecule has 1 aliphatic rings. The number of ketones is 1. The first kappa shape index (κ1) is 26.6. The maximum atomic E-state index is 13.2. The number of aliphatic hydroxyl groups excluding tert-OH is 1. The molecule has 2 aromatic carbocycles. The molecule has 2 aromatic rings. The van der Waals surface area contributed by atoms with Crippen LogP contribution in [-0.2, 0) is 9.59 Å². The van der Waals surface area contributed by atoms with E-state index in [0.29, 0.717) is 47.2 Å². The number of carbonyl (C=O) groups is 2. The fourth-order valence-electron chi connectivity index (χ4n) is 4.35. The maximum Gasteiger partial charge on any atom is 0.295 e. The number of rotatable bonds is 11. The third kappa shape index (κ3) is 5.80. The number of Topliss-reactive ketones (excluding diaryl/α,β-unsaturated/α-hetero) is 1. The van der Waals surface area contributed by atoms with Crippen LogP contribution >= 0.6 is 11.6 Å². The van der Waals surface area contributed by atoms with Gasteiger partial charge in [-0.3, -0.25) is 9.59 Å². The average Bonchev–Trinajstić information content (AvgIpc) is 3.12. The molecule has 0 saturated carbocycles. The molecule has 35 heavy (non-hydrogen) atoms. The van der Waals surface area contributed by atoms with Crippen molar-refractivity contribution in [2.75, 3.05) is 39.9 Å². The second-order valence-electron chi connectivity index (χ2n) is 8.22. The van der Waals surface area contributed by atoms with Crippen LogP contribution in [0.3, 0.4) is 0 Å². The molecule has 0 spiro atoms. The van der Waals surface area contributed by atoms with Crippen LogP contribution in [0.15, 0.2) is 48.0 Å². The van der Waals surface area contributed by atoms with Crippen LogP contribution in [0, 0.1) is 0 Å². The third-order valence-electron chi connectivity index (χ3n) is 6.23. The van der Waals surface area contributed by atoms with Crippen molar-refractivity contribution in [1.82, 2.24) is 9.80 Å². The number of halogens is 1. The first-order valence-electron chi connectivity index (χ1n) is 11.9. The van der Waals surface area contributed by atoms with Gasteiger partial charge in [0, 0.05) is 17.1 Å². The summed E-state index contributed by atoms with van der Waals surface area (Å²) in [5.41, 5.74) is 1.12. The summed E-state index contributed by atoms with van der Waals surface area (Å²) >= 11 is 6.00.